The van der Waals surface area contributed by atoms with Gasteiger partial charge in [-0.2, -0.15) is 8.78 Å². The molecule has 0 aliphatic rings. The van der Waals surface area contributed by atoms with E-state index in [2.05, 4.69) is 25.2 Å². The lowest BCUT2D eigenvalue weighted by Gasteiger charge is -2.06. The Balaban J connectivity index is 1.50. The number of nitrogens with one attached hydrogen (secondary N) is 2. The van der Waals surface area contributed by atoms with Gasteiger partial charge in [0.2, 0.25) is 11.1 Å². The van der Waals surface area contributed by atoms with Crippen molar-refractivity contribution in [3.05, 3.63) is 60.2 Å². The predicted molar refractivity (Wildman–Crippen MR) is 98.1 cm³/mol. The van der Waals surface area contributed by atoms with Gasteiger partial charge in [0, 0.05) is 11.1 Å². The van der Waals surface area contributed by atoms with Crippen molar-refractivity contribution in [1.82, 2.24) is 20.5 Å². The highest BCUT2D eigenvalue weighted by Crippen LogP contribution is 2.19. The molecule has 10 heteroatoms. The minimum absolute atomic E-state index is 0.0651. The largest absolute Gasteiger partial charge is 0.435 e. The summed E-state index contributed by atoms with van der Waals surface area (Å²) in [6, 6.07) is 14.4. The van der Waals surface area contributed by atoms with Gasteiger partial charge in [-0.3, -0.25) is 20.0 Å². The van der Waals surface area contributed by atoms with E-state index in [-0.39, 0.29) is 17.1 Å². The monoisotopic (exact) mass is 404 g/mol. The summed E-state index contributed by atoms with van der Waals surface area (Å²) in [7, 11) is 0. The molecule has 1 heterocycles. The summed E-state index contributed by atoms with van der Waals surface area (Å²) in [5, 5.41) is 9.39. The third-order valence-electron chi connectivity index (χ3n) is 3.44. The molecular formula is C18H14F2N4O3S. The number of hydrogen-bond acceptors (Lipinski definition) is 6. The van der Waals surface area contributed by atoms with Crippen LogP contribution in [0.5, 0.6) is 5.75 Å². The molecule has 0 aliphatic carbocycles. The normalized spacial score (nSPS) is 10.7. The van der Waals surface area contributed by atoms with Gasteiger partial charge in [-0.15, -0.1) is 5.10 Å². The number of ether oxygens (including phenoxy) is 1. The molecule has 3 rings (SSSR count). The number of imide groups is 1. The van der Waals surface area contributed by atoms with E-state index < -0.39 is 18.4 Å². The maximum absolute atomic E-state index is 12.1. The van der Waals surface area contributed by atoms with Gasteiger partial charge >= 0.3 is 6.61 Å². The van der Waals surface area contributed by atoms with Crippen LogP contribution in [0.1, 0.15) is 10.4 Å². The number of carbonyl (C=O) groups is 2. The molecule has 0 atom stereocenters. The third-order valence-corrected chi connectivity index (χ3v) is 4.29. The molecule has 1 aromatic heterocycles. The zero-order chi connectivity index (χ0) is 19.9. The minimum atomic E-state index is -2.95. The standard InChI is InChI=1S/C18H14F2N4O3S/c19-17(20)27-13-8-6-12(7-9-13)16(26)21-14(25)10-28-18-22-15(23-24-18)11-4-2-1-3-5-11/h1-9,17H,10H2,(H,21,25,26)(H,22,23,24). The lowest BCUT2D eigenvalue weighted by molar-refractivity contribution is -0.117. The molecule has 0 fully saturated rings. The molecular weight excluding hydrogens is 390 g/mol. The fourth-order valence-corrected chi connectivity index (χ4v) is 2.79. The van der Waals surface area contributed by atoms with Crippen LogP contribution >= 0.6 is 11.8 Å². The zero-order valence-electron chi connectivity index (χ0n) is 14.3. The van der Waals surface area contributed by atoms with Gasteiger partial charge in [0.15, 0.2) is 5.82 Å². The second-order valence-electron chi connectivity index (χ2n) is 5.40. The first-order valence-electron chi connectivity index (χ1n) is 8.01. The average Bonchev–Trinajstić information content (AvgIpc) is 3.16. The fraction of sp³-hybridized carbons (Fsp3) is 0.111. The number of thioether (sulfide) groups is 1. The number of aromatic nitrogens is 3. The van der Waals surface area contributed by atoms with E-state index in [4.69, 9.17) is 0 Å². The molecule has 0 spiro atoms. The molecule has 0 aliphatic heterocycles. The fourth-order valence-electron chi connectivity index (χ4n) is 2.19. The Bertz CT molecular complexity index is 949. The van der Waals surface area contributed by atoms with E-state index >= 15 is 0 Å². The number of rotatable bonds is 7. The summed E-state index contributed by atoms with van der Waals surface area (Å²) in [4.78, 5) is 28.2. The van der Waals surface area contributed by atoms with Gasteiger partial charge < -0.3 is 4.74 Å². The molecule has 0 saturated carbocycles. The SMILES string of the molecule is O=C(CSc1n[nH]c(-c2ccccc2)n1)NC(=O)c1ccc(OC(F)F)cc1. The summed E-state index contributed by atoms with van der Waals surface area (Å²) < 4.78 is 28.4. The number of halogens is 2. The Morgan fingerprint density at radius 1 is 1.11 bits per heavy atom. The maximum Gasteiger partial charge on any atom is 0.387 e. The number of benzene rings is 2. The van der Waals surface area contributed by atoms with Crippen LogP contribution in [0.15, 0.2) is 59.8 Å². The van der Waals surface area contributed by atoms with E-state index in [0.717, 1.165) is 17.3 Å². The number of hydrogen-bond donors (Lipinski definition) is 2. The summed E-state index contributed by atoms with van der Waals surface area (Å²) in [5.74, 6) is -0.745. The number of nitrogens with zero attached hydrogens (tertiary/aromatic N) is 2. The van der Waals surface area contributed by atoms with Crippen LogP contribution in [0.25, 0.3) is 11.4 Å². The molecule has 7 nitrogen and oxygen atoms in total. The molecule has 28 heavy (non-hydrogen) atoms. The Hall–Kier alpha value is -3.27. The number of amides is 2. The molecule has 2 aromatic carbocycles. The summed E-state index contributed by atoms with van der Waals surface area (Å²) in [5.41, 5.74) is 1.00. The van der Waals surface area contributed by atoms with Gasteiger partial charge in [0.1, 0.15) is 5.75 Å². The molecule has 0 radical (unpaired) electrons. The highest BCUT2D eigenvalue weighted by Gasteiger charge is 2.13. The van der Waals surface area contributed by atoms with Crippen molar-refractivity contribution in [3.63, 3.8) is 0 Å². The van der Waals surface area contributed by atoms with Crippen molar-refractivity contribution >= 4 is 23.6 Å². The Labute approximate surface area is 162 Å². The first-order chi connectivity index (χ1) is 13.5. The second-order valence-corrected chi connectivity index (χ2v) is 6.34. The van der Waals surface area contributed by atoms with Crippen LogP contribution < -0.4 is 10.1 Å². The van der Waals surface area contributed by atoms with E-state index in [1.807, 2.05) is 30.3 Å². The molecule has 3 aromatic rings. The number of alkyl halides is 2. The van der Waals surface area contributed by atoms with Crippen molar-refractivity contribution in [2.24, 2.45) is 0 Å². The summed E-state index contributed by atoms with van der Waals surface area (Å²) in [6.07, 6.45) is 0. The van der Waals surface area contributed by atoms with Gasteiger partial charge in [-0.25, -0.2) is 4.98 Å². The first kappa shape index (κ1) is 19.5. The Morgan fingerprint density at radius 3 is 2.50 bits per heavy atom. The van der Waals surface area contributed by atoms with Crippen LogP contribution in [0.3, 0.4) is 0 Å². The van der Waals surface area contributed by atoms with E-state index in [9.17, 15) is 18.4 Å². The van der Waals surface area contributed by atoms with Crippen LogP contribution in [-0.2, 0) is 4.79 Å². The molecule has 2 N–H and O–H groups in total. The lowest BCUT2D eigenvalue weighted by Crippen LogP contribution is -2.31. The maximum atomic E-state index is 12.1. The van der Waals surface area contributed by atoms with Crippen molar-refractivity contribution in [3.8, 4) is 17.1 Å². The predicted octanol–water partition coefficient (Wildman–Crippen LogP) is 3.12. The molecule has 2 amide bonds. The van der Waals surface area contributed by atoms with E-state index in [0.29, 0.717) is 11.0 Å². The van der Waals surface area contributed by atoms with Crippen molar-refractivity contribution in [2.75, 3.05) is 5.75 Å². The Morgan fingerprint density at radius 2 is 1.82 bits per heavy atom. The average molecular weight is 404 g/mol. The smallest absolute Gasteiger partial charge is 0.387 e. The molecule has 144 valence electrons. The lowest BCUT2D eigenvalue weighted by atomic mass is 10.2. The third kappa shape index (κ3) is 5.36. The molecule has 0 saturated heterocycles. The summed E-state index contributed by atoms with van der Waals surface area (Å²) >= 11 is 1.07. The quantitative estimate of drug-likeness (QED) is 0.588. The van der Waals surface area contributed by atoms with Gasteiger partial charge in [-0.05, 0) is 24.3 Å². The second kappa shape index (κ2) is 9.09. The van der Waals surface area contributed by atoms with Crippen LogP contribution in [-0.4, -0.2) is 39.4 Å². The van der Waals surface area contributed by atoms with Crippen molar-refractivity contribution in [2.45, 2.75) is 11.8 Å². The van der Waals surface area contributed by atoms with Crippen LogP contribution in [0.2, 0.25) is 0 Å². The number of aromatic amines is 1. The molecule has 0 unspecified atom stereocenters. The zero-order valence-corrected chi connectivity index (χ0v) is 15.1. The highest BCUT2D eigenvalue weighted by molar-refractivity contribution is 7.99. The van der Waals surface area contributed by atoms with E-state index in [1.54, 1.807) is 0 Å². The summed E-state index contributed by atoms with van der Waals surface area (Å²) in [6.45, 7) is -2.95. The first-order valence-corrected chi connectivity index (χ1v) is 8.99. The van der Waals surface area contributed by atoms with Crippen LogP contribution in [0, 0.1) is 0 Å². The number of carbonyl (C=O) groups excluding carboxylic acids is 2. The van der Waals surface area contributed by atoms with Gasteiger partial charge in [-0.1, -0.05) is 42.1 Å². The molecule has 0 bridgehead atoms. The highest BCUT2D eigenvalue weighted by atomic mass is 32.2. The Kier molecular flexibility index (Phi) is 6.33. The van der Waals surface area contributed by atoms with Gasteiger partial charge in [0.05, 0.1) is 5.75 Å². The minimum Gasteiger partial charge on any atom is -0.435 e. The van der Waals surface area contributed by atoms with E-state index in [1.165, 1.54) is 24.3 Å². The number of H-pyrrole nitrogens is 1. The van der Waals surface area contributed by atoms with Gasteiger partial charge in [0.25, 0.3) is 5.91 Å². The van der Waals surface area contributed by atoms with Crippen molar-refractivity contribution in [1.29, 1.82) is 0 Å². The topological polar surface area (TPSA) is 97.0 Å². The van der Waals surface area contributed by atoms with Crippen molar-refractivity contribution < 1.29 is 23.1 Å². The van der Waals surface area contributed by atoms with Crippen LogP contribution in [0.4, 0.5) is 8.78 Å².